The van der Waals surface area contributed by atoms with Crippen LogP contribution in [0.5, 0.6) is 0 Å². The van der Waals surface area contributed by atoms with Gasteiger partial charge in [-0.15, -0.1) is 0 Å². The van der Waals surface area contributed by atoms with Gasteiger partial charge in [-0.25, -0.2) is 0 Å². The molecular formula is C15H13BrN2O2. The molecule has 0 aliphatic carbocycles. The van der Waals surface area contributed by atoms with Crippen LogP contribution in [0, 0.1) is 0 Å². The lowest BCUT2D eigenvalue weighted by Gasteiger charge is -2.09. The number of halogens is 1. The van der Waals surface area contributed by atoms with E-state index in [0.717, 1.165) is 5.39 Å². The number of hydrogen-bond acceptors (Lipinski definition) is 3. The van der Waals surface area contributed by atoms with Gasteiger partial charge < -0.3 is 4.42 Å². The van der Waals surface area contributed by atoms with E-state index in [1.54, 1.807) is 16.9 Å². The molecule has 2 heterocycles. The van der Waals surface area contributed by atoms with Gasteiger partial charge in [-0.2, -0.15) is 5.10 Å². The Hall–Kier alpha value is -1.88. The summed E-state index contributed by atoms with van der Waals surface area (Å²) in [5, 5.41) is 5.14. The molecule has 3 aromatic rings. The first-order valence-electron chi connectivity index (χ1n) is 6.34. The Balaban J connectivity index is 2.10. The van der Waals surface area contributed by atoms with Gasteiger partial charge >= 0.3 is 0 Å². The summed E-state index contributed by atoms with van der Waals surface area (Å²) in [5.74, 6) is 0.161. The number of benzene rings is 1. The summed E-state index contributed by atoms with van der Waals surface area (Å²) >= 11 is 3.38. The fourth-order valence-electron chi connectivity index (χ4n) is 2.16. The number of hydrogen-bond donors (Lipinski definition) is 0. The van der Waals surface area contributed by atoms with Crippen LogP contribution in [0.25, 0.3) is 11.0 Å². The molecule has 0 N–H and O–H groups in total. The zero-order valence-electron chi connectivity index (χ0n) is 11.1. The summed E-state index contributed by atoms with van der Waals surface area (Å²) in [6.07, 6.45) is 1.63. The summed E-state index contributed by atoms with van der Waals surface area (Å²) in [4.78, 5) is 12.6. The maximum Gasteiger partial charge on any atom is 0.247 e. The lowest BCUT2D eigenvalue weighted by molar-refractivity contribution is 0.0998. The van der Waals surface area contributed by atoms with Crippen LogP contribution in [0.1, 0.15) is 36.1 Å². The Morgan fingerprint density at radius 2 is 2.10 bits per heavy atom. The van der Waals surface area contributed by atoms with Crippen LogP contribution in [0.15, 0.2) is 45.4 Å². The molecule has 0 saturated heterocycles. The number of para-hydroxylation sites is 1. The SMILES string of the molecule is CC(C)n1ncc(Br)c1C(=O)c1cc2ccccc2o1. The minimum Gasteiger partial charge on any atom is -0.453 e. The van der Waals surface area contributed by atoms with Crippen LogP contribution in [0.3, 0.4) is 0 Å². The molecule has 5 heteroatoms. The summed E-state index contributed by atoms with van der Waals surface area (Å²) < 4.78 is 8.00. The fraction of sp³-hybridized carbons (Fsp3) is 0.200. The van der Waals surface area contributed by atoms with Gasteiger partial charge in [0.25, 0.3) is 0 Å². The third kappa shape index (κ3) is 2.08. The van der Waals surface area contributed by atoms with Crippen molar-refractivity contribution >= 4 is 32.7 Å². The largest absolute Gasteiger partial charge is 0.453 e. The minimum absolute atomic E-state index is 0.102. The molecule has 0 radical (unpaired) electrons. The van der Waals surface area contributed by atoms with Crippen LogP contribution in [0.2, 0.25) is 0 Å². The van der Waals surface area contributed by atoms with E-state index in [0.29, 0.717) is 21.5 Å². The lowest BCUT2D eigenvalue weighted by atomic mass is 10.2. The zero-order valence-corrected chi connectivity index (χ0v) is 12.7. The van der Waals surface area contributed by atoms with E-state index in [1.807, 2.05) is 38.1 Å². The highest BCUT2D eigenvalue weighted by molar-refractivity contribution is 9.10. The average molecular weight is 333 g/mol. The molecule has 0 atom stereocenters. The monoisotopic (exact) mass is 332 g/mol. The molecule has 0 saturated carbocycles. The van der Waals surface area contributed by atoms with Gasteiger partial charge in [0.1, 0.15) is 11.3 Å². The lowest BCUT2D eigenvalue weighted by Crippen LogP contribution is -2.13. The third-order valence-corrected chi connectivity index (χ3v) is 3.68. The molecular weight excluding hydrogens is 320 g/mol. The van der Waals surface area contributed by atoms with Gasteiger partial charge in [0.15, 0.2) is 5.76 Å². The van der Waals surface area contributed by atoms with Crippen LogP contribution in [-0.4, -0.2) is 15.6 Å². The Bertz CT molecular complexity index is 753. The molecule has 0 aliphatic heterocycles. The van der Waals surface area contributed by atoms with Gasteiger partial charge in [-0.1, -0.05) is 18.2 Å². The number of fused-ring (bicyclic) bond motifs is 1. The summed E-state index contributed by atoms with van der Waals surface area (Å²) in [7, 11) is 0. The van der Waals surface area contributed by atoms with E-state index < -0.39 is 0 Å². The van der Waals surface area contributed by atoms with E-state index in [2.05, 4.69) is 21.0 Å². The fourth-order valence-corrected chi connectivity index (χ4v) is 2.61. The van der Waals surface area contributed by atoms with Crippen molar-refractivity contribution in [3.8, 4) is 0 Å². The highest BCUT2D eigenvalue weighted by Gasteiger charge is 2.23. The first-order valence-corrected chi connectivity index (χ1v) is 7.13. The van der Waals surface area contributed by atoms with E-state index in [4.69, 9.17) is 4.42 Å². The van der Waals surface area contributed by atoms with Crippen molar-refractivity contribution in [2.75, 3.05) is 0 Å². The average Bonchev–Trinajstić information content (AvgIpc) is 3.01. The molecule has 1 aromatic carbocycles. The van der Waals surface area contributed by atoms with Crippen LogP contribution in [0.4, 0.5) is 0 Å². The third-order valence-electron chi connectivity index (χ3n) is 3.10. The second-order valence-electron chi connectivity index (χ2n) is 4.86. The predicted molar refractivity (Wildman–Crippen MR) is 80.0 cm³/mol. The topological polar surface area (TPSA) is 48.0 Å². The number of nitrogens with zero attached hydrogens (tertiary/aromatic N) is 2. The van der Waals surface area contributed by atoms with E-state index >= 15 is 0 Å². The summed E-state index contributed by atoms with van der Waals surface area (Å²) in [6.45, 7) is 3.96. The van der Waals surface area contributed by atoms with Crippen molar-refractivity contribution < 1.29 is 9.21 Å². The standard InChI is InChI=1S/C15H13BrN2O2/c1-9(2)18-14(11(16)8-17-18)15(19)13-7-10-5-3-4-6-12(10)20-13/h3-9H,1-2H3. The first kappa shape index (κ1) is 13.1. The molecule has 3 rings (SSSR count). The van der Waals surface area contributed by atoms with E-state index in [1.165, 1.54) is 0 Å². The highest BCUT2D eigenvalue weighted by Crippen LogP contribution is 2.26. The maximum atomic E-state index is 12.6. The number of rotatable bonds is 3. The van der Waals surface area contributed by atoms with Crippen molar-refractivity contribution in [1.29, 1.82) is 0 Å². The molecule has 0 fully saturated rings. The van der Waals surface area contributed by atoms with Crippen molar-refractivity contribution in [1.82, 2.24) is 9.78 Å². The smallest absolute Gasteiger partial charge is 0.247 e. The second-order valence-corrected chi connectivity index (χ2v) is 5.71. The number of furan rings is 1. The van der Waals surface area contributed by atoms with Gasteiger partial charge in [0.2, 0.25) is 5.78 Å². The van der Waals surface area contributed by atoms with E-state index in [9.17, 15) is 4.79 Å². The molecule has 0 spiro atoms. The van der Waals surface area contributed by atoms with Gasteiger partial charge in [-0.3, -0.25) is 9.48 Å². The first-order chi connectivity index (χ1) is 9.58. The normalized spacial score (nSPS) is 11.4. The molecule has 2 aromatic heterocycles. The molecule has 0 bridgehead atoms. The van der Waals surface area contributed by atoms with Gasteiger partial charge in [0.05, 0.1) is 10.7 Å². The maximum absolute atomic E-state index is 12.6. The number of aromatic nitrogens is 2. The quantitative estimate of drug-likeness (QED) is 0.675. The van der Waals surface area contributed by atoms with E-state index in [-0.39, 0.29) is 11.8 Å². The van der Waals surface area contributed by atoms with Crippen molar-refractivity contribution in [3.63, 3.8) is 0 Å². The number of carbonyl (C=O) groups excluding carboxylic acids is 1. The second kappa shape index (κ2) is 4.90. The Morgan fingerprint density at radius 3 is 2.80 bits per heavy atom. The minimum atomic E-state index is -0.167. The molecule has 20 heavy (non-hydrogen) atoms. The number of carbonyl (C=O) groups is 1. The molecule has 0 unspecified atom stereocenters. The molecule has 0 amide bonds. The zero-order chi connectivity index (χ0) is 14.3. The number of ketones is 1. The van der Waals surface area contributed by atoms with Crippen LogP contribution >= 0.6 is 15.9 Å². The molecule has 0 aliphatic rings. The Labute approximate surface area is 124 Å². The summed E-state index contributed by atoms with van der Waals surface area (Å²) in [5.41, 5.74) is 1.22. The predicted octanol–water partition coefficient (Wildman–Crippen LogP) is 4.20. The van der Waals surface area contributed by atoms with Gasteiger partial charge in [0, 0.05) is 11.4 Å². The Kier molecular flexibility index (Phi) is 3.22. The van der Waals surface area contributed by atoms with Crippen LogP contribution in [-0.2, 0) is 0 Å². The van der Waals surface area contributed by atoms with Crippen molar-refractivity contribution in [2.24, 2.45) is 0 Å². The van der Waals surface area contributed by atoms with Gasteiger partial charge in [-0.05, 0) is 41.9 Å². The van der Waals surface area contributed by atoms with Crippen LogP contribution < -0.4 is 0 Å². The molecule has 102 valence electrons. The molecule has 4 nitrogen and oxygen atoms in total. The van der Waals surface area contributed by atoms with Crippen molar-refractivity contribution in [3.05, 3.63) is 52.5 Å². The van der Waals surface area contributed by atoms with Crippen molar-refractivity contribution in [2.45, 2.75) is 19.9 Å². The summed E-state index contributed by atoms with van der Waals surface area (Å²) in [6, 6.07) is 9.44. The Morgan fingerprint density at radius 1 is 1.35 bits per heavy atom. The highest BCUT2D eigenvalue weighted by atomic mass is 79.9.